The van der Waals surface area contributed by atoms with E-state index >= 15 is 0 Å². The molecule has 1 nitrogen and oxygen atoms in total. The molecule has 1 unspecified atom stereocenters. The minimum atomic E-state index is 0.507. The molecule has 1 aromatic rings. The summed E-state index contributed by atoms with van der Waals surface area (Å²) < 4.78 is 1.44. The van der Waals surface area contributed by atoms with Crippen molar-refractivity contribution in [3.63, 3.8) is 0 Å². The second kappa shape index (κ2) is 7.29. The molecule has 0 saturated carbocycles. The fourth-order valence-corrected chi connectivity index (χ4v) is 5.72. The first-order chi connectivity index (χ1) is 7.69. The SMILES string of the molecule is CCN(CC)C(=[Se])[Se]C(C)c1ccccc1. The number of hydrogen-bond donors (Lipinski definition) is 0. The van der Waals surface area contributed by atoms with Gasteiger partial charge in [0.05, 0.1) is 0 Å². The molecule has 0 fully saturated rings. The second-order valence-corrected chi connectivity index (χ2v) is 8.52. The molecule has 0 bridgehead atoms. The van der Waals surface area contributed by atoms with Crippen molar-refractivity contribution in [2.45, 2.75) is 25.6 Å². The molecule has 0 radical (unpaired) electrons. The standard InChI is InChI=1S/C13H19NSe2/c1-4-14(5-2)13(15)16-11(3)12-9-7-6-8-10-12/h6-11H,4-5H2,1-3H3. The molecule has 0 N–H and O–H groups in total. The maximum absolute atomic E-state index is 3.25. The average Bonchev–Trinajstić information content (AvgIpc) is 2.31. The Labute approximate surface area is 113 Å². The summed E-state index contributed by atoms with van der Waals surface area (Å²) in [6, 6.07) is 10.8. The normalized spacial score (nSPS) is 12.2. The Kier molecular flexibility index (Phi) is 6.38. The second-order valence-electron chi connectivity index (χ2n) is 3.61. The van der Waals surface area contributed by atoms with Crippen molar-refractivity contribution in [3.05, 3.63) is 35.9 Å². The Bertz CT molecular complexity index is 320. The van der Waals surface area contributed by atoms with E-state index in [1.165, 1.54) is 9.00 Å². The van der Waals surface area contributed by atoms with E-state index in [0.29, 0.717) is 19.8 Å². The molecule has 0 amide bonds. The predicted molar refractivity (Wildman–Crippen MR) is 74.3 cm³/mol. The Morgan fingerprint density at radius 2 is 1.81 bits per heavy atom. The van der Waals surface area contributed by atoms with Crippen LogP contribution in [0.5, 0.6) is 0 Å². The zero-order valence-electron chi connectivity index (χ0n) is 10.1. The summed E-state index contributed by atoms with van der Waals surface area (Å²) in [6.45, 7) is 8.94. The fraction of sp³-hybridized carbons (Fsp3) is 0.462. The van der Waals surface area contributed by atoms with Gasteiger partial charge in [0.2, 0.25) is 0 Å². The van der Waals surface area contributed by atoms with Crippen LogP contribution >= 0.6 is 0 Å². The van der Waals surface area contributed by atoms with Gasteiger partial charge in [0, 0.05) is 0 Å². The van der Waals surface area contributed by atoms with Gasteiger partial charge < -0.3 is 0 Å². The first kappa shape index (κ1) is 14.0. The van der Waals surface area contributed by atoms with Crippen LogP contribution in [0.2, 0.25) is 0 Å². The van der Waals surface area contributed by atoms with Gasteiger partial charge >= 0.3 is 113 Å². The predicted octanol–water partition coefficient (Wildman–Crippen LogP) is 2.05. The zero-order chi connectivity index (χ0) is 12.0. The summed E-state index contributed by atoms with van der Waals surface area (Å²) >= 11 is 3.76. The van der Waals surface area contributed by atoms with Gasteiger partial charge in [-0.05, 0) is 0 Å². The Morgan fingerprint density at radius 1 is 1.25 bits per heavy atom. The van der Waals surface area contributed by atoms with Crippen LogP contribution in [0.1, 0.15) is 31.2 Å². The molecule has 0 heterocycles. The van der Waals surface area contributed by atoms with Crippen LogP contribution in [0.25, 0.3) is 0 Å². The molecule has 1 atom stereocenters. The van der Waals surface area contributed by atoms with Crippen molar-refractivity contribution in [1.29, 1.82) is 0 Å². The van der Waals surface area contributed by atoms with Crippen molar-refractivity contribution in [2.24, 2.45) is 0 Å². The van der Waals surface area contributed by atoms with Gasteiger partial charge in [0.15, 0.2) is 0 Å². The molecule has 0 saturated heterocycles. The average molecular weight is 347 g/mol. The van der Waals surface area contributed by atoms with Gasteiger partial charge in [-0.25, -0.2) is 0 Å². The van der Waals surface area contributed by atoms with Crippen LogP contribution in [-0.4, -0.2) is 52.0 Å². The summed E-state index contributed by atoms with van der Waals surface area (Å²) in [5.74, 6) is 0. The van der Waals surface area contributed by atoms with Crippen LogP contribution in [0.4, 0.5) is 0 Å². The van der Waals surface area contributed by atoms with E-state index in [9.17, 15) is 0 Å². The maximum atomic E-state index is 3.25. The zero-order valence-corrected chi connectivity index (χ0v) is 13.6. The Balaban J connectivity index is 2.58. The number of hydrogen-bond acceptors (Lipinski definition) is 1. The van der Waals surface area contributed by atoms with Crippen molar-refractivity contribution in [1.82, 2.24) is 4.90 Å². The molecule has 16 heavy (non-hydrogen) atoms. The van der Waals surface area contributed by atoms with Crippen LogP contribution in [0.3, 0.4) is 0 Å². The van der Waals surface area contributed by atoms with Crippen LogP contribution < -0.4 is 0 Å². The third-order valence-corrected chi connectivity index (χ3v) is 6.44. The fourth-order valence-electron chi connectivity index (χ4n) is 1.50. The van der Waals surface area contributed by atoms with Gasteiger partial charge in [0.25, 0.3) is 0 Å². The van der Waals surface area contributed by atoms with Gasteiger partial charge in [0.1, 0.15) is 0 Å². The quantitative estimate of drug-likeness (QED) is 0.712. The summed E-state index contributed by atoms with van der Waals surface area (Å²) in [5.41, 5.74) is 1.45. The molecule has 0 aliphatic rings. The third-order valence-electron chi connectivity index (χ3n) is 2.57. The molecule has 0 aliphatic carbocycles. The van der Waals surface area contributed by atoms with E-state index in [1.54, 1.807) is 0 Å². The van der Waals surface area contributed by atoms with E-state index in [0.717, 1.165) is 13.1 Å². The molecule has 88 valence electrons. The van der Waals surface area contributed by atoms with Gasteiger partial charge in [-0.3, -0.25) is 0 Å². The van der Waals surface area contributed by atoms with Crippen molar-refractivity contribution < 1.29 is 0 Å². The van der Waals surface area contributed by atoms with Crippen LogP contribution in [0, 0.1) is 0 Å². The van der Waals surface area contributed by atoms with E-state index in [2.05, 4.69) is 71.6 Å². The van der Waals surface area contributed by atoms with Crippen LogP contribution in [0.15, 0.2) is 30.3 Å². The molecular formula is C13H19NSe2. The molecule has 1 aromatic carbocycles. The molecular weight excluding hydrogens is 328 g/mol. The van der Waals surface area contributed by atoms with E-state index in [4.69, 9.17) is 0 Å². The van der Waals surface area contributed by atoms with Crippen molar-refractivity contribution >= 4 is 34.0 Å². The van der Waals surface area contributed by atoms with E-state index in [1.807, 2.05) is 0 Å². The summed E-state index contributed by atoms with van der Waals surface area (Å²) in [4.78, 5) is 3.06. The summed E-state index contributed by atoms with van der Waals surface area (Å²) in [7, 11) is 0. The number of rotatable bonds is 6. The first-order valence-corrected chi connectivity index (χ1v) is 8.39. The van der Waals surface area contributed by atoms with Crippen molar-refractivity contribution in [3.8, 4) is 0 Å². The van der Waals surface area contributed by atoms with Gasteiger partial charge in [-0.2, -0.15) is 0 Å². The van der Waals surface area contributed by atoms with Gasteiger partial charge in [-0.15, -0.1) is 0 Å². The number of nitrogens with zero attached hydrogens (tertiary/aromatic N) is 1. The molecule has 1 rings (SSSR count). The summed E-state index contributed by atoms with van der Waals surface area (Å²) in [5, 5.41) is 0. The molecule has 0 aromatic heterocycles. The molecule has 3 heteroatoms. The monoisotopic (exact) mass is 349 g/mol. The van der Waals surface area contributed by atoms with E-state index < -0.39 is 0 Å². The minimum absolute atomic E-state index is 0.507. The molecule has 0 spiro atoms. The first-order valence-electron chi connectivity index (χ1n) is 5.69. The molecule has 0 aliphatic heterocycles. The topological polar surface area (TPSA) is 3.24 Å². The summed E-state index contributed by atoms with van der Waals surface area (Å²) in [6.07, 6.45) is 0. The number of benzene rings is 1. The Morgan fingerprint density at radius 3 is 2.31 bits per heavy atom. The van der Waals surface area contributed by atoms with Crippen molar-refractivity contribution in [2.75, 3.05) is 13.1 Å². The van der Waals surface area contributed by atoms with E-state index in [-0.39, 0.29) is 0 Å². The third kappa shape index (κ3) is 4.07. The van der Waals surface area contributed by atoms with Gasteiger partial charge in [-0.1, -0.05) is 0 Å². The van der Waals surface area contributed by atoms with Crippen LogP contribution in [-0.2, 0) is 0 Å². The Hall–Kier alpha value is -0.0710.